The average molecular weight is 401 g/mol. The summed E-state index contributed by atoms with van der Waals surface area (Å²) in [7, 11) is 0. The monoisotopic (exact) mass is 402 g/mol. The van der Waals surface area contributed by atoms with Crippen LogP contribution in [0.2, 0.25) is 0 Å². The minimum Gasteiger partial charge on any atom is -0.512 e. The van der Waals surface area contributed by atoms with Crippen LogP contribution in [-0.2, 0) is 33.9 Å². The van der Waals surface area contributed by atoms with Crippen LogP contribution < -0.4 is 0 Å². The van der Waals surface area contributed by atoms with Gasteiger partial charge in [-0.1, -0.05) is 0 Å². The molecule has 0 spiro atoms. The number of hydrogen-bond acceptors (Lipinski definition) is 6. The minimum atomic E-state index is -0.125. The molecule has 0 unspecified atom stereocenters. The van der Waals surface area contributed by atoms with E-state index in [9.17, 15) is 14.4 Å². The summed E-state index contributed by atoms with van der Waals surface area (Å²) in [6, 6.07) is 0. The quantitative estimate of drug-likeness (QED) is 0.381. The Morgan fingerprint density at radius 2 is 0.682 bits per heavy atom. The number of rotatable bonds is 3. The van der Waals surface area contributed by atoms with Crippen LogP contribution in [0.5, 0.6) is 0 Å². The van der Waals surface area contributed by atoms with Gasteiger partial charge in [0.15, 0.2) is 17.3 Å². The Labute approximate surface area is 144 Å². The largest absolute Gasteiger partial charge is 0.512 e. The molecule has 0 atom stereocenters. The molecule has 0 bridgehead atoms. The summed E-state index contributed by atoms with van der Waals surface area (Å²) in [6.07, 6.45) is 3.50. The number of carbonyl (C=O) groups is 3. The molecule has 0 heterocycles. The van der Waals surface area contributed by atoms with Gasteiger partial charge in [0.1, 0.15) is 0 Å². The molecule has 3 N–H and O–H groups in total. The minimum absolute atomic E-state index is 0. The van der Waals surface area contributed by atoms with E-state index in [4.69, 9.17) is 15.3 Å². The van der Waals surface area contributed by atoms with Crippen LogP contribution in [0.15, 0.2) is 35.5 Å². The van der Waals surface area contributed by atoms with Crippen molar-refractivity contribution >= 4 is 17.3 Å². The molecule has 0 radical (unpaired) electrons. The van der Waals surface area contributed by atoms with Gasteiger partial charge in [0.25, 0.3) is 0 Å². The van der Waals surface area contributed by atoms with Gasteiger partial charge in [-0.3, -0.25) is 14.4 Å². The Hall–Kier alpha value is -1.75. The van der Waals surface area contributed by atoms with Gasteiger partial charge in [-0.15, -0.1) is 0 Å². The van der Waals surface area contributed by atoms with Crippen LogP contribution in [0.25, 0.3) is 0 Å². The van der Waals surface area contributed by atoms with E-state index in [0.717, 1.165) is 0 Å². The Morgan fingerprint density at radius 3 is 0.682 bits per heavy atom. The van der Waals surface area contributed by atoms with Gasteiger partial charge >= 0.3 is 0 Å². The Bertz CT molecular complexity index is 368. The molecule has 6 nitrogen and oxygen atoms in total. The van der Waals surface area contributed by atoms with E-state index in [2.05, 4.69) is 0 Å². The van der Waals surface area contributed by atoms with Gasteiger partial charge in [0, 0.05) is 37.7 Å². The van der Waals surface area contributed by atoms with Crippen molar-refractivity contribution in [2.24, 2.45) is 0 Å². The fourth-order valence-corrected chi connectivity index (χ4v) is 0.882. The second kappa shape index (κ2) is 17.3. The molecular weight excluding hydrogens is 377 g/mol. The van der Waals surface area contributed by atoms with E-state index >= 15 is 0 Å². The fourth-order valence-electron chi connectivity index (χ4n) is 0.882. The first-order valence-electron chi connectivity index (χ1n) is 6.02. The second-order valence-electron chi connectivity index (χ2n) is 4.19. The third-order valence-corrected chi connectivity index (χ3v) is 1.24. The third-order valence-electron chi connectivity index (χ3n) is 1.24. The van der Waals surface area contributed by atoms with E-state index < -0.39 is 0 Å². The van der Waals surface area contributed by atoms with Crippen LogP contribution in [0.1, 0.15) is 41.5 Å². The summed E-state index contributed by atoms with van der Waals surface area (Å²) in [5.74, 6) is -0.187. The first-order chi connectivity index (χ1) is 9.38. The number of aliphatic hydroxyl groups is 3. The maximum absolute atomic E-state index is 10.0. The summed E-state index contributed by atoms with van der Waals surface area (Å²) >= 11 is 0. The molecule has 0 aromatic heterocycles. The number of allylic oxidation sites excluding steroid dienone is 6. The molecular formula is C15H24O6Ru. The zero-order valence-electron chi connectivity index (χ0n) is 13.7. The fraction of sp³-hybridized carbons (Fsp3) is 0.400. The van der Waals surface area contributed by atoms with Crippen molar-refractivity contribution in [1.82, 2.24) is 0 Å². The average Bonchev–Trinajstić information content (AvgIpc) is 2.10. The van der Waals surface area contributed by atoms with Gasteiger partial charge in [-0.05, 0) is 41.5 Å². The maximum atomic E-state index is 10.0. The molecule has 22 heavy (non-hydrogen) atoms. The second-order valence-corrected chi connectivity index (χ2v) is 4.19. The van der Waals surface area contributed by atoms with Gasteiger partial charge in [0.05, 0.1) is 17.3 Å². The van der Waals surface area contributed by atoms with Crippen LogP contribution in [0.4, 0.5) is 0 Å². The van der Waals surface area contributed by atoms with Crippen molar-refractivity contribution in [1.29, 1.82) is 0 Å². The van der Waals surface area contributed by atoms with E-state index in [1.807, 2.05) is 0 Å². The van der Waals surface area contributed by atoms with E-state index in [0.29, 0.717) is 0 Å². The van der Waals surface area contributed by atoms with Crippen molar-refractivity contribution in [3.63, 3.8) is 0 Å². The molecule has 0 saturated carbocycles. The van der Waals surface area contributed by atoms with Crippen molar-refractivity contribution in [3.05, 3.63) is 35.5 Å². The van der Waals surface area contributed by atoms with Crippen LogP contribution in [-0.4, -0.2) is 32.7 Å². The predicted molar refractivity (Wildman–Crippen MR) is 81.2 cm³/mol. The molecule has 0 saturated heterocycles. The van der Waals surface area contributed by atoms with E-state index in [1.54, 1.807) is 0 Å². The molecule has 0 rings (SSSR count). The number of ketones is 3. The van der Waals surface area contributed by atoms with Crippen molar-refractivity contribution in [2.75, 3.05) is 0 Å². The van der Waals surface area contributed by atoms with Crippen LogP contribution in [0, 0.1) is 0 Å². The zero-order chi connectivity index (χ0) is 17.6. The first-order valence-corrected chi connectivity index (χ1v) is 6.02. The SMILES string of the molecule is CC(=O)/C=C(/C)O.CC(=O)/C=C(/C)O.CC(=O)/C=C(\C)O.[Ru]. The normalized spacial score (nSPS) is 10.9. The van der Waals surface area contributed by atoms with Gasteiger partial charge in [0.2, 0.25) is 0 Å². The first kappa shape index (κ1) is 28.4. The van der Waals surface area contributed by atoms with Crippen molar-refractivity contribution in [3.8, 4) is 0 Å². The summed E-state index contributed by atoms with van der Waals surface area (Å²) in [6.45, 7) is 8.54. The van der Waals surface area contributed by atoms with Crippen LogP contribution in [0.3, 0.4) is 0 Å². The smallest absolute Gasteiger partial charge is 0.155 e. The van der Waals surface area contributed by atoms with Crippen molar-refractivity contribution < 1.29 is 49.2 Å². The summed E-state index contributed by atoms with van der Waals surface area (Å²) in [5, 5.41) is 25.1. The Morgan fingerprint density at radius 1 is 0.545 bits per heavy atom. The topological polar surface area (TPSA) is 112 Å². The molecule has 0 aliphatic carbocycles. The molecule has 7 heteroatoms. The Kier molecular flexibility index (Phi) is 22.4. The van der Waals surface area contributed by atoms with E-state index in [1.165, 1.54) is 59.8 Å². The van der Waals surface area contributed by atoms with E-state index in [-0.39, 0.29) is 54.1 Å². The maximum Gasteiger partial charge on any atom is 0.155 e. The molecule has 0 amide bonds. The molecule has 128 valence electrons. The summed E-state index contributed by atoms with van der Waals surface area (Å²) in [4.78, 5) is 30.1. The van der Waals surface area contributed by atoms with Gasteiger partial charge in [-0.25, -0.2) is 0 Å². The number of hydrogen-bond donors (Lipinski definition) is 3. The molecule has 0 aromatic carbocycles. The zero-order valence-corrected chi connectivity index (χ0v) is 15.4. The van der Waals surface area contributed by atoms with Crippen molar-refractivity contribution in [2.45, 2.75) is 41.5 Å². The predicted octanol–water partition coefficient (Wildman–Crippen LogP) is 3.11. The van der Waals surface area contributed by atoms with Crippen LogP contribution >= 0.6 is 0 Å². The summed E-state index contributed by atoms with van der Waals surface area (Å²) < 4.78 is 0. The number of carbonyl (C=O) groups excluding carboxylic acids is 3. The Balaban J connectivity index is -0.000000108. The van der Waals surface area contributed by atoms with Gasteiger partial charge < -0.3 is 15.3 Å². The molecule has 0 aliphatic rings. The standard InChI is InChI=1S/3C5H8O2.Ru/c3*1-4(6)3-5(2)7;/h3*3,6H,1-2H3;/b4-3+;2*4-3-;. The molecule has 0 aromatic rings. The summed E-state index contributed by atoms with van der Waals surface area (Å²) in [5.41, 5.74) is 0. The van der Waals surface area contributed by atoms with Gasteiger partial charge in [-0.2, -0.15) is 0 Å². The molecule has 0 aliphatic heterocycles. The molecule has 0 fully saturated rings. The number of aliphatic hydroxyl groups excluding tert-OH is 3. The third kappa shape index (κ3) is 51.7.